The lowest BCUT2D eigenvalue weighted by molar-refractivity contribution is -0.136. The molecule has 2 fully saturated rings. The molecule has 2 amide bonds. The van der Waals surface area contributed by atoms with Crippen LogP contribution in [-0.4, -0.2) is 42.4 Å². The molecule has 1 saturated carbocycles. The molecule has 1 aliphatic heterocycles. The first-order valence-electron chi connectivity index (χ1n) is 11.0. The van der Waals surface area contributed by atoms with Gasteiger partial charge in [0, 0.05) is 38.0 Å². The second kappa shape index (κ2) is 10.6. The van der Waals surface area contributed by atoms with Crippen LogP contribution in [-0.2, 0) is 16.0 Å². The molecule has 1 atom stereocenters. The number of nitrogens with two attached hydrogens (primary N) is 1. The van der Waals surface area contributed by atoms with Gasteiger partial charge in [-0.1, -0.05) is 49.6 Å². The van der Waals surface area contributed by atoms with Crippen molar-refractivity contribution in [3.63, 3.8) is 0 Å². The maximum absolute atomic E-state index is 12.7. The van der Waals surface area contributed by atoms with Crippen LogP contribution in [0.4, 0.5) is 0 Å². The molecule has 1 heterocycles. The number of nitrogens with one attached hydrogen (secondary N) is 1. The quantitative estimate of drug-likeness (QED) is 0.758. The van der Waals surface area contributed by atoms with E-state index in [0.29, 0.717) is 32.0 Å². The minimum absolute atomic E-state index is 0.0100. The van der Waals surface area contributed by atoms with Crippen LogP contribution in [0.25, 0.3) is 0 Å². The number of hydrogen-bond donors (Lipinski definition) is 2. The first-order valence-corrected chi connectivity index (χ1v) is 11.0. The van der Waals surface area contributed by atoms with E-state index in [-0.39, 0.29) is 23.8 Å². The molecule has 1 aromatic rings. The van der Waals surface area contributed by atoms with Gasteiger partial charge in [-0.25, -0.2) is 0 Å². The summed E-state index contributed by atoms with van der Waals surface area (Å²) >= 11 is 0. The summed E-state index contributed by atoms with van der Waals surface area (Å²) in [6.07, 6.45) is 8.99. The Morgan fingerprint density at radius 1 is 1.04 bits per heavy atom. The molecule has 1 unspecified atom stereocenters. The molecular formula is C23H35N3O2. The van der Waals surface area contributed by atoms with Crippen molar-refractivity contribution in [3.8, 4) is 0 Å². The number of hydrogen-bond acceptors (Lipinski definition) is 3. The summed E-state index contributed by atoms with van der Waals surface area (Å²) in [6, 6.07) is 10.2. The van der Waals surface area contributed by atoms with Gasteiger partial charge in [0.1, 0.15) is 0 Å². The molecule has 3 N–H and O–H groups in total. The van der Waals surface area contributed by atoms with E-state index >= 15 is 0 Å². The van der Waals surface area contributed by atoms with E-state index in [1.807, 2.05) is 23.1 Å². The Morgan fingerprint density at radius 2 is 1.71 bits per heavy atom. The summed E-state index contributed by atoms with van der Waals surface area (Å²) in [5.74, 6) is 0.875. The van der Waals surface area contributed by atoms with Crippen molar-refractivity contribution in [2.75, 3.05) is 19.6 Å². The van der Waals surface area contributed by atoms with Gasteiger partial charge in [0.15, 0.2) is 0 Å². The molecule has 154 valence electrons. The molecule has 5 heteroatoms. The van der Waals surface area contributed by atoms with Crippen molar-refractivity contribution in [1.29, 1.82) is 0 Å². The summed E-state index contributed by atoms with van der Waals surface area (Å²) in [4.78, 5) is 27.1. The van der Waals surface area contributed by atoms with Gasteiger partial charge in [0.05, 0.1) is 0 Å². The van der Waals surface area contributed by atoms with Gasteiger partial charge in [0.2, 0.25) is 11.8 Å². The fourth-order valence-electron chi connectivity index (χ4n) is 4.65. The highest BCUT2D eigenvalue weighted by molar-refractivity contribution is 5.80. The van der Waals surface area contributed by atoms with Crippen molar-refractivity contribution >= 4 is 11.8 Å². The zero-order chi connectivity index (χ0) is 19.8. The molecule has 3 rings (SSSR count). The Morgan fingerprint density at radius 3 is 2.36 bits per heavy atom. The lowest BCUT2D eigenvalue weighted by atomic mass is 9.83. The molecule has 0 bridgehead atoms. The van der Waals surface area contributed by atoms with Gasteiger partial charge in [-0.15, -0.1) is 0 Å². The summed E-state index contributed by atoms with van der Waals surface area (Å²) < 4.78 is 0. The molecule has 1 saturated heterocycles. The molecule has 1 aliphatic carbocycles. The number of nitrogens with zero attached hydrogens (tertiary/aromatic N) is 1. The zero-order valence-electron chi connectivity index (χ0n) is 16.9. The molecule has 0 radical (unpaired) electrons. The largest absolute Gasteiger partial charge is 0.352 e. The van der Waals surface area contributed by atoms with Crippen molar-refractivity contribution in [3.05, 3.63) is 35.9 Å². The number of aryl methyl sites for hydroxylation is 1. The van der Waals surface area contributed by atoms with Crippen LogP contribution in [0.2, 0.25) is 0 Å². The van der Waals surface area contributed by atoms with Crippen LogP contribution in [0.3, 0.4) is 0 Å². The lowest BCUT2D eigenvalue weighted by Crippen LogP contribution is -2.50. The maximum atomic E-state index is 12.7. The highest BCUT2D eigenvalue weighted by Crippen LogP contribution is 2.27. The molecular weight excluding hydrogens is 350 g/mol. The third kappa shape index (κ3) is 5.81. The maximum Gasteiger partial charge on any atom is 0.223 e. The van der Waals surface area contributed by atoms with Gasteiger partial charge in [-0.3, -0.25) is 9.59 Å². The van der Waals surface area contributed by atoms with Crippen molar-refractivity contribution in [1.82, 2.24) is 10.2 Å². The lowest BCUT2D eigenvalue weighted by Gasteiger charge is -2.34. The fourth-order valence-corrected chi connectivity index (χ4v) is 4.65. The van der Waals surface area contributed by atoms with E-state index in [1.165, 1.54) is 37.7 Å². The first-order chi connectivity index (χ1) is 13.7. The fraction of sp³-hybridized carbons (Fsp3) is 0.652. The van der Waals surface area contributed by atoms with Crippen LogP contribution in [0.1, 0.15) is 56.9 Å². The highest BCUT2D eigenvalue weighted by atomic mass is 16.2. The predicted octanol–water partition coefficient (Wildman–Crippen LogP) is 2.88. The smallest absolute Gasteiger partial charge is 0.223 e. The molecule has 5 nitrogen and oxygen atoms in total. The summed E-state index contributed by atoms with van der Waals surface area (Å²) in [7, 11) is 0. The summed E-state index contributed by atoms with van der Waals surface area (Å²) in [6.45, 7) is 1.89. The van der Waals surface area contributed by atoms with Gasteiger partial charge in [-0.2, -0.15) is 0 Å². The normalized spacial score (nSPS) is 20.0. The van der Waals surface area contributed by atoms with E-state index in [1.54, 1.807) is 0 Å². The van der Waals surface area contributed by atoms with E-state index in [2.05, 4.69) is 17.4 Å². The molecule has 0 spiro atoms. The highest BCUT2D eigenvalue weighted by Gasteiger charge is 2.30. The Labute approximate surface area is 169 Å². The molecule has 2 aliphatic rings. The summed E-state index contributed by atoms with van der Waals surface area (Å²) in [5.41, 5.74) is 7.15. The average molecular weight is 386 g/mol. The van der Waals surface area contributed by atoms with Crippen molar-refractivity contribution < 1.29 is 9.59 Å². The van der Waals surface area contributed by atoms with E-state index in [0.717, 1.165) is 19.3 Å². The van der Waals surface area contributed by atoms with Crippen LogP contribution in [0, 0.1) is 11.8 Å². The number of piperidine rings is 1. The molecule has 28 heavy (non-hydrogen) atoms. The van der Waals surface area contributed by atoms with Gasteiger partial charge in [0.25, 0.3) is 0 Å². The van der Waals surface area contributed by atoms with Crippen LogP contribution in [0.15, 0.2) is 30.3 Å². The Hall–Kier alpha value is -1.88. The Bertz CT molecular complexity index is 620. The SMILES string of the molecule is NCC(NC(=O)C1CCN(C(=O)CCc2ccccc2)CC1)C1CCCCC1. The Balaban J connectivity index is 1.41. The van der Waals surface area contributed by atoms with E-state index in [4.69, 9.17) is 5.73 Å². The average Bonchev–Trinajstić information content (AvgIpc) is 2.77. The van der Waals surface area contributed by atoms with E-state index < -0.39 is 0 Å². The number of benzene rings is 1. The second-order valence-electron chi connectivity index (χ2n) is 8.39. The topological polar surface area (TPSA) is 75.4 Å². The number of carbonyl (C=O) groups is 2. The predicted molar refractivity (Wildman–Crippen MR) is 112 cm³/mol. The van der Waals surface area contributed by atoms with Crippen LogP contribution in [0.5, 0.6) is 0 Å². The number of likely N-dealkylation sites (tertiary alicyclic amines) is 1. The van der Waals surface area contributed by atoms with Gasteiger partial charge < -0.3 is 16.0 Å². The standard InChI is InChI=1S/C23H35N3O2/c24-17-21(19-9-5-2-6-10-19)25-23(28)20-13-15-26(16-14-20)22(27)12-11-18-7-3-1-4-8-18/h1,3-4,7-8,19-21H,2,5-6,9-17,24H2,(H,25,28). The summed E-state index contributed by atoms with van der Waals surface area (Å²) in [5, 5.41) is 3.23. The molecule has 1 aromatic carbocycles. The zero-order valence-corrected chi connectivity index (χ0v) is 16.9. The van der Waals surface area contributed by atoms with Gasteiger partial charge >= 0.3 is 0 Å². The number of carbonyl (C=O) groups excluding carboxylic acids is 2. The number of rotatable bonds is 7. The monoisotopic (exact) mass is 385 g/mol. The van der Waals surface area contributed by atoms with E-state index in [9.17, 15) is 9.59 Å². The Kier molecular flexibility index (Phi) is 7.90. The van der Waals surface area contributed by atoms with Crippen LogP contribution < -0.4 is 11.1 Å². The first kappa shape index (κ1) is 20.8. The second-order valence-corrected chi connectivity index (χ2v) is 8.39. The third-order valence-corrected chi connectivity index (χ3v) is 6.49. The minimum Gasteiger partial charge on any atom is -0.352 e. The molecule has 0 aromatic heterocycles. The van der Waals surface area contributed by atoms with Crippen molar-refractivity contribution in [2.45, 2.75) is 63.8 Å². The third-order valence-electron chi connectivity index (χ3n) is 6.49. The minimum atomic E-state index is 0.0100. The van der Waals surface area contributed by atoms with Gasteiger partial charge in [-0.05, 0) is 43.6 Å². The van der Waals surface area contributed by atoms with Crippen molar-refractivity contribution in [2.24, 2.45) is 17.6 Å². The number of amides is 2. The van der Waals surface area contributed by atoms with Crippen LogP contribution >= 0.6 is 0 Å².